The van der Waals surface area contributed by atoms with E-state index < -0.39 is 11.8 Å². The van der Waals surface area contributed by atoms with Gasteiger partial charge in [0.1, 0.15) is 5.92 Å². The van der Waals surface area contributed by atoms with Crippen LogP contribution in [0.4, 0.5) is 11.5 Å². The number of primary amides is 1. The van der Waals surface area contributed by atoms with Crippen molar-refractivity contribution in [2.24, 2.45) is 5.73 Å². The van der Waals surface area contributed by atoms with Gasteiger partial charge < -0.3 is 15.5 Å². The molecule has 2 aromatic carbocycles. The first kappa shape index (κ1) is 19.2. The average Bonchev–Trinajstić information content (AvgIpc) is 2.76. The molecule has 0 bridgehead atoms. The fourth-order valence-corrected chi connectivity index (χ4v) is 3.75. The van der Waals surface area contributed by atoms with Crippen LogP contribution in [0.2, 0.25) is 5.02 Å². The third-order valence-electron chi connectivity index (χ3n) is 5.18. The largest absolute Gasteiger partial charge is 0.369 e. The Morgan fingerprint density at radius 1 is 0.862 bits per heavy atom. The molecule has 1 aliphatic heterocycles. The molecule has 2 N–H and O–H groups in total. The van der Waals surface area contributed by atoms with Gasteiger partial charge in [-0.15, -0.1) is 5.10 Å². The normalized spacial score (nSPS) is 15.2. The van der Waals surface area contributed by atoms with Crippen LogP contribution in [0.25, 0.3) is 0 Å². The van der Waals surface area contributed by atoms with Crippen LogP contribution in [-0.4, -0.2) is 42.3 Å². The molecule has 4 rings (SSSR count). The molecule has 2 heterocycles. The molecule has 0 saturated carbocycles. The molecule has 1 amide bonds. The summed E-state index contributed by atoms with van der Waals surface area (Å²) >= 11 is 5.94. The summed E-state index contributed by atoms with van der Waals surface area (Å²) in [5, 5.41) is 9.29. The maximum atomic E-state index is 12.0. The Bertz CT molecular complexity index is 955. The lowest BCUT2D eigenvalue weighted by atomic mass is 9.95. The number of rotatable bonds is 5. The van der Waals surface area contributed by atoms with Crippen LogP contribution in [-0.2, 0) is 4.79 Å². The highest BCUT2D eigenvalue weighted by Crippen LogP contribution is 2.25. The highest BCUT2D eigenvalue weighted by molar-refractivity contribution is 6.30. The molecular weight excluding hydrogens is 386 g/mol. The van der Waals surface area contributed by atoms with E-state index in [0.29, 0.717) is 10.7 Å². The van der Waals surface area contributed by atoms with E-state index in [2.05, 4.69) is 44.3 Å². The number of anilines is 2. The van der Waals surface area contributed by atoms with Crippen molar-refractivity contribution < 1.29 is 4.79 Å². The van der Waals surface area contributed by atoms with Gasteiger partial charge in [-0.1, -0.05) is 41.9 Å². The first-order valence-electron chi connectivity index (χ1n) is 9.55. The fraction of sp³-hybridized carbons (Fsp3) is 0.227. The summed E-state index contributed by atoms with van der Waals surface area (Å²) in [6, 6.07) is 21.2. The zero-order valence-corrected chi connectivity index (χ0v) is 16.7. The van der Waals surface area contributed by atoms with Crippen molar-refractivity contribution in [3.63, 3.8) is 0 Å². The number of hydrogen-bond donors (Lipinski definition) is 1. The molecule has 3 aromatic rings. The molecule has 0 radical (unpaired) electrons. The number of nitrogens with zero attached hydrogens (tertiary/aromatic N) is 4. The number of para-hydroxylation sites is 1. The number of amides is 1. The number of hydrogen-bond acceptors (Lipinski definition) is 5. The summed E-state index contributed by atoms with van der Waals surface area (Å²) in [6.07, 6.45) is 0. The minimum Gasteiger partial charge on any atom is -0.369 e. The lowest BCUT2D eigenvalue weighted by Gasteiger charge is -2.36. The summed E-state index contributed by atoms with van der Waals surface area (Å²) < 4.78 is 0. The van der Waals surface area contributed by atoms with E-state index in [1.807, 2.05) is 18.2 Å². The molecule has 1 fully saturated rings. The van der Waals surface area contributed by atoms with Crippen LogP contribution >= 0.6 is 11.6 Å². The lowest BCUT2D eigenvalue weighted by Crippen LogP contribution is -2.46. The molecule has 1 aliphatic rings. The number of benzene rings is 2. The highest BCUT2D eigenvalue weighted by Gasteiger charge is 2.23. The number of nitrogens with two attached hydrogens (primary N) is 1. The van der Waals surface area contributed by atoms with Gasteiger partial charge >= 0.3 is 0 Å². The van der Waals surface area contributed by atoms with Crippen molar-refractivity contribution in [1.82, 2.24) is 10.2 Å². The second-order valence-corrected chi connectivity index (χ2v) is 7.45. The van der Waals surface area contributed by atoms with E-state index in [4.69, 9.17) is 17.3 Å². The van der Waals surface area contributed by atoms with Gasteiger partial charge in [0.25, 0.3) is 0 Å². The molecule has 1 aromatic heterocycles. The van der Waals surface area contributed by atoms with Crippen LogP contribution in [0, 0.1) is 0 Å². The van der Waals surface area contributed by atoms with Crippen molar-refractivity contribution in [2.45, 2.75) is 5.92 Å². The summed E-state index contributed by atoms with van der Waals surface area (Å²) in [4.78, 5) is 16.6. The van der Waals surface area contributed by atoms with E-state index in [1.165, 1.54) is 5.69 Å². The average molecular weight is 408 g/mol. The maximum absolute atomic E-state index is 12.0. The Kier molecular flexibility index (Phi) is 5.62. The Labute approximate surface area is 174 Å². The first-order chi connectivity index (χ1) is 14.1. The molecule has 29 heavy (non-hydrogen) atoms. The number of piperazine rings is 1. The monoisotopic (exact) mass is 407 g/mol. The van der Waals surface area contributed by atoms with E-state index >= 15 is 0 Å². The van der Waals surface area contributed by atoms with E-state index in [1.54, 1.807) is 24.3 Å². The van der Waals surface area contributed by atoms with Gasteiger partial charge in [0.15, 0.2) is 5.82 Å². The smallest absolute Gasteiger partial charge is 0.231 e. The number of halogens is 1. The molecule has 7 heteroatoms. The van der Waals surface area contributed by atoms with Crippen molar-refractivity contribution in [2.75, 3.05) is 36.0 Å². The standard InChI is InChI=1S/C22H22ClN5O/c23-17-8-6-16(7-9-17)21(22(24)29)19-10-11-20(26-25-19)28-14-12-27(13-15-28)18-4-2-1-3-5-18/h1-11,21H,12-15H2,(H2,24,29). The van der Waals surface area contributed by atoms with Gasteiger partial charge in [-0.05, 0) is 42.0 Å². The highest BCUT2D eigenvalue weighted by atomic mass is 35.5. The molecule has 1 atom stereocenters. The molecule has 6 nitrogen and oxygen atoms in total. The maximum Gasteiger partial charge on any atom is 0.231 e. The fourth-order valence-electron chi connectivity index (χ4n) is 3.63. The molecule has 0 spiro atoms. The third kappa shape index (κ3) is 4.32. The van der Waals surface area contributed by atoms with Gasteiger partial charge in [0, 0.05) is 36.9 Å². The quantitative estimate of drug-likeness (QED) is 0.703. The summed E-state index contributed by atoms with van der Waals surface area (Å²) in [6.45, 7) is 3.56. The molecular formula is C22H22ClN5O. The summed E-state index contributed by atoms with van der Waals surface area (Å²) in [7, 11) is 0. The summed E-state index contributed by atoms with van der Waals surface area (Å²) in [5.41, 5.74) is 8.16. The van der Waals surface area contributed by atoms with Gasteiger partial charge in [0.05, 0.1) is 5.69 Å². The van der Waals surface area contributed by atoms with Crippen molar-refractivity contribution in [3.8, 4) is 0 Å². The number of carbonyl (C=O) groups is 1. The second kappa shape index (κ2) is 8.49. The molecule has 148 valence electrons. The van der Waals surface area contributed by atoms with Crippen LogP contribution in [0.5, 0.6) is 0 Å². The number of aromatic nitrogens is 2. The molecule has 1 saturated heterocycles. The van der Waals surface area contributed by atoms with Crippen molar-refractivity contribution >= 4 is 29.0 Å². The Hall–Kier alpha value is -3.12. The lowest BCUT2D eigenvalue weighted by molar-refractivity contribution is -0.118. The van der Waals surface area contributed by atoms with Crippen molar-refractivity contribution in [1.29, 1.82) is 0 Å². The Morgan fingerprint density at radius 2 is 1.52 bits per heavy atom. The summed E-state index contributed by atoms with van der Waals surface area (Å²) in [5.74, 6) is -0.310. The van der Waals surface area contributed by atoms with E-state index in [0.717, 1.165) is 37.6 Å². The van der Waals surface area contributed by atoms with Crippen LogP contribution in [0.15, 0.2) is 66.7 Å². The topological polar surface area (TPSA) is 75.4 Å². The van der Waals surface area contributed by atoms with Gasteiger partial charge in [-0.2, -0.15) is 5.10 Å². The van der Waals surface area contributed by atoms with Gasteiger partial charge in [-0.3, -0.25) is 4.79 Å². The van der Waals surface area contributed by atoms with Gasteiger partial charge in [-0.25, -0.2) is 0 Å². The van der Waals surface area contributed by atoms with Crippen LogP contribution in [0.3, 0.4) is 0 Å². The minimum atomic E-state index is -0.649. The Morgan fingerprint density at radius 3 is 2.10 bits per heavy atom. The third-order valence-corrected chi connectivity index (χ3v) is 5.43. The van der Waals surface area contributed by atoms with Gasteiger partial charge in [0.2, 0.25) is 5.91 Å². The molecule has 0 aliphatic carbocycles. The predicted octanol–water partition coefficient (Wildman–Crippen LogP) is 3.07. The zero-order chi connectivity index (χ0) is 20.2. The van der Waals surface area contributed by atoms with E-state index in [9.17, 15) is 4.79 Å². The number of carbonyl (C=O) groups excluding carboxylic acids is 1. The SMILES string of the molecule is NC(=O)C(c1ccc(Cl)cc1)c1ccc(N2CCN(c3ccccc3)CC2)nn1. The van der Waals surface area contributed by atoms with E-state index in [-0.39, 0.29) is 0 Å². The second-order valence-electron chi connectivity index (χ2n) is 7.01. The zero-order valence-electron chi connectivity index (χ0n) is 15.9. The Balaban J connectivity index is 1.46. The molecule has 1 unspecified atom stereocenters. The predicted molar refractivity (Wildman–Crippen MR) is 115 cm³/mol. The minimum absolute atomic E-state index is 0.467. The van der Waals surface area contributed by atoms with Crippen LogP contribution < -0.4 is 15.5 Å². The van der Waals surface area contributed by atoms with Crippen LogP contribution in [0.1, 0.15) is 17.2 Å². The van der Waals surface area contributed by atoms with Crippen molar-refractivity contribution in [3.05, 3.63) is 83.0 Å². The first-order valence-corrected chi connectivity index (χ1v) is 9.93.